The fraction of sp³-hybridized carbons (Fsp3) is 0.647. The molecule has 0 N–H and O–H groups in total. The Balaban J connectivity index is 0.00000220. The highest BCUT2D eigenvalue weighted by Gasteiger charge is 2.43. The number of hydrogen-bond donors (Lipinski definition) is 0. The van der Waals surface area contributed by atoms with Crippen molar-refractivity contribution in [2.24, 2.45) is 0 Å². The quantitative estimate of drug-likeness (QED) is 0.401. The summed E-state index contributed by atoms with van der Waals surface area (Å²) < 4.78 is 5.86. The summed E-state index contributed by atoms with van der Waals surface area (Å²) in [6.07, 6.45) is 6.54. The van der Waals surface area contributed by atoms with Crippen molar-refractivity contribution in [3.05, 3.63) is 29.8 Å². The average Bonchev–Trinajstić information content (AvgIpc) is 2.74. The smallest absolute Gasteiger partial charge is 0.147 e. The van der Waals surface area contributed by atoms with Crippen molar-refractivity contribution in [1.29, 1.82) is 0 Å². The van der Waals surface area contributed by atoms with Crippen LogP contribution in [-0.2, 0) is 4.84 Å². The highest BCUT2D eigenvalue weighted by atomic mass is 127. The molecule has 0 aromatic heterocycles. The fourth-order valence-corrected chi connectivity index (χ4v) is 3.12. The van der Waals surface area contributed by atoms with Crippen LogP contribution in [0.5, 0.6) is 5.75 Å². The predicted molar refractivity (Wildman–Crippen MR) is 81.5 cm³/mol. The van der Waals surface area contributed by atoms with Crippen molar-refractivity contribution >= 4 is 0 Å². The maximum atomic E-state index is 6.23. The van der Waals surface area contributed by atoms with E-state index in [-0.39, 0.29) is 24.0 Å². The number of benzene rings is 1. The lowest BCUT2D eigenvalue weighted by Gasteiger charge is -2.28. The summed E-state index contributed by atoms with van der Waals surface area (Å²) in [5.74, 6) is 0.914. The van der Waals surface area contributed by atoms with Crippen molar-refractivity contribution in [2.45, 2.75) is 51.2 Å². The van der Waals surface area contributed by atoms with E-state index in [1.54, 1.807) is 7.11 Å². The molecule has 0 saturated carbocycles. The minimum atomic E-state index is 0. The number of hydroxylamine groups is 3. The summed E-state index contributed by atoms with van der Waals surface area (Å²) in [6.45, 7) is 2.25. The summed E-state index contributed by atoms with van der Waals surface area (Å²) in [5, 5.41) is 0. The molecule has 0 aliphatic carbocycles. The molecule has 120 valence electrons. The zero-order chi connectivity index (χ0) is 14.6. The number of unbranched alkanes of at least 4 members (excludes halogenated alkanes) is 2. The van der Waals surface area contributed by atoms with E-state index in [2.05, 4.69) is 33.2 Å². The molecule has 2 rings (SSSR count). The van der Waals surface area contributed by atoms with Crippen LogP contribution in [0.25, 0.3) is 0 Å². The monoisotopic (exact) mass is 405 g/mol. The molecule has 1 aliphatic rings. The van der Waals surface area contributed by atoms with Gasteiger partial charge in [-0.1, -0.05) is 26.2 Å². The predicted octanol–water partition coefficient (Wildman–Crippen LogP) is 1.10. The van der Waals surface area contributed by atoms with E-state index in [0.29, 0.717) is 16.8 Å². The Labute approximate surface area is 146 Å². The zero-order valence-electron chi connectivity index (χ0n) is 13.6. The molecule has 1 heterocycles. The van der Waals surface area contributed by atoms with Gasteiger partial charge in [-0.2, -0.15) is 9.48 Å². The van der Waals surface area contributed by atoms with Crippen LogP contribution in [-0.4, -0.2) is 32.0 Å². The van der Waals surface area contributed by atoms with Crippen LogP contribution in [0.4, 0.5) is 0 Å². The Morgan fingerprint density at radius 3 is 2.43 bits per heavy atom. The zero-order valence-corrected chi connectivity index (χ0v) is 15.8. The summed E-state index contributed by atoms with van der Waals surface area (Å²) in [4.78, 5) is 6.23. The van der Waals surface area contributed by atoms with Crippen molar-refractivity contribution in [1.82, 2.24) is 0 Å². The van der Waals surface area contributed by atoms with Gasteiger partial charge < -0.3 is 28.7 Å². The molecule has 21 heavy (non-hydrogen) atoms. The number of quaternary nitrogens is 1. The molecule has 1 aliphatic heterocycles. The van der Waals surface area contributed by atoms with E-state index in [0.717, 1.165) is 12.2 Å². The van der Waals surface area contributed by atoms with Crippen LogP contribution in [0.1, 0.15) is 50.6 Å². The van der Waals surface area contributed by atoms with Gasteiger partial charge in [0.15, 0.2) is 0 Å². The van der Waals surface area contributed by atoms with Gasteiger partial charge in [-0.05, 0) is 30.7 Å². The molecule has 0 bridgehead atoms. The Bertz CT molecular complexity index is 419. The van der Waals surface area contributed by atoms with Crippen molar-refractivity contribution in [3.63, 3.8) is 0 Å². The van der Waals surface area contributed by atoms with Gasteiger partial charge in [0.25, 0.3) is 0 Å². The van der Waals surface area contributed by atoms with Gasteiger partial charge in [-0.15, -0.1) is 0 Å². The van der Waals surface area contributed by atoms with E-state index in [1.807, 2.05) is 12.1 Å². The second kappa shape index (κ2) is 8.34. The van der Waals surface area contributed by atoms with Crippen LogP contribution < -0.4 is 28.7 Å². The van der Waals surface area contributed by atoms with Crippen molar-refractivity contribution in [3.8, 4) is 5.75 Å². The van der Waals surface area contributed by atoms with Gasteiger partial charge in [-0.3, -0.25) is 0 Å². The van der Waals surface area contributed by atoms with E-state index in [9.17, 15) is 0 Å². The van der Waals surface area contributed by atoms with Gasteiger partial charge >= 0.3 is 0 Å². The third kappa shape index (κ3) is 4.83. The lowest BCUT2D eigenvalue weighted by Crippen LogP contribution is -3.00. The third-order valence-electron chi connectivity index (χ3n) is 4.29. The lowest BCUT2D eigenvalue weighted by atomic mass is 9.98. The Kier molecular flexibility index (Phi) is 7.44. The first-order valence-electron chi connectivity index (χ1n) is 7.73. The molecule has 1 fully saturated rings. The minimum Gasteiger partial charge on any atom is -1.00 e. The Morgan fingerprint density at radius 2 is 1.86 bits per heavy atom. The fourth-order valence-electron chi connectivity index (χ4n) is 3.12. The molecule has 1 aromatic rings. The molecular formula is C17H28INO2. The second-order valence-electron chi connectivity index (χ2n) is 6.18. The van der Waals surface area contributed by atoms with Gasteiger partial charge in [-0.25, -0.2) is 0 Å². The number of hydrogen-bond acceptors (Lipinski definition) is 2. The van der Waals surface area contributed by atoms with Gasteiger partial charge in [0.05, 0.1) is 21.2 Å². The number of nitrogens with zero attached hydrogens (tertiary/aromatic N) is 1. The van der Waals surface area contributed by atoms with E-state index in [1.165, 1.54) is 31.2 Å². The largest absolute Gasteiger partial charge is 1.00 e. The summed E-state index contributed by atoms with van der Waals surface area (Å²) in [7, 11) is 6.03. The summed E-state index contributed by atoms with van der Waals surface area (Å²) in [6, 6.07) is 8.84. The normalized spacial score (nSPS) is 23.6. The summed E-state index contributed by atoms with van der Waals surface area (Å²) in [5.41, 5.74) is 1.34. The topological polar surface area (TPSA) is 18.5 Å². The van der Waals surface area contributed by atoms with Crippen LogP contribution in [0, 0.1) is 0 Å². The molecule has 2 unspecified atom stereocenters. The van der Waals surface area contributed by atoms with Crippen molar-refractivity contribution < 1.29 is 38.2 Å². The highest BCUT2D eigenvalue weighted by molar-refractivity contribution is 5.28. The summed E-state index contributed by atoms with van der Waals surface area (Å²) >= 11 is 0. The molecule has 3 nitrogen and oxygen atoms in total. The first-order chi connectivity index (χ1) is 9.56. The molecule has 1 saturated heterocycles. The molecule has 0 amide bonds. The molecule has 0 radical (unpaired) electrons. The number of ether oxygens (including phenoxy) is 1. The number of rotatable bonds is 6. The lowest BCUT2D eigenvalue weighted by molar-refractivity contribution is -1.09. The molecule has 2 atom stereocenters. The van der Waals surface area contributed by atoms with Crippen LogP contribution >= 0.6 is 0 Å². The molecule has 0 spiro atoms. The first kappa shape index (κ1) is 18.7. The van der Waals surface area contributed by atoms with Crippen LogP contribution in [0.2, 0.25) is 0 Å². The molecule has 1 aromatic carbocycles. The second-order valence-corrected chi connectivity index (χ2v) is 6.18. The standard InChI is InChI=1S/C17H28NO2.HI/c1-5-6-7-8-16-13-17(18(2,3)20-16)14-9-11-15(19-4)12-10-14;/h9-12,16-17H,5-8,13H2,1-4H3;1H/q+1;/p-1. The average molecular weight is 405 g/mol. The number of methoxy groups -OCH3 is 1. The highest BCUT2D eigenvalue weighted by Crippen LogP contribution is 2.40. The van der Waals surface area contributed by atoms with Crippen LogP contribution in [0.15, 0.2) is 24.3 Å². The van der Waals surface area contributed by atoms with Gasteiger partial charge in [0.2, 0.25) is 0 Å². The SMILES string of the molecule is CCCCCC1CC(c2ccc(OC)cc2)[N+](C)(C)O1.[I-]. The molecule has 4 heteroatoms. The Hall–Kier alpha value is -0.330. The van der Waals surface area contributed by atoms with E-state index >= 15 is 0 Å². The Morgan fingerprint density at radius 1 is 1.19 bits per heavy atom. The van der Waals surface area contributed by atoms with Crippen LogP contribution in [0.3, 0.4) is 0 Å². The molecular weight excluding hydrogens is 377 g/mol. The maximum absolute atomic E-state index is 6.23. The third-order valence-corrected chi connectivity index (χ3v) is 4.29. The number of halogens is 1. The van der Waals surface area contributed by atoms with E-state index in [4.69, 9.17) is 9.57 Å². The van der Waals surface area contributed by atoms with E-state index < -0.39 is 0 Å². The minimum absolute atomic E-state index is 0. The maximum Gasteiger partial charge on any atom is 0.147 e. The van der Waals surface area contributed by atoms with Crippen molar-refractivity contribution in [2.75, 3.05) is 21.2 Å². The first-order valence-corrected chi connectivity index (χ1v) is 7.73. The van der Waals surface area contributed by atoms with Gasteiger partial charge in [0, 0.05) is 12.0 Å². The van der Waals surface area contributed by atoms with Gasteiger partial charge in [0.1, 0.15) is 17.9 Å².